The van der Waals surface area contributed by atoms with Crippen molar-refractivity contribution in [2.75, 3.05) is 6.26 Å². The number of rotatable bonds is 3. The summed E-state index contributed by atoms with van der Waals surface area (Å²) in [5, 5.41) is 4.84. The van der Waals surface area contributed by atoms with Crippen molar-refractivity contribution in [2.24, 2.45) is 5.41 Å². The minimum absolute atomic E-state index is 0.539. The van der Waals surface area contributed by atoms with Crippen LogP contribution >= 0.6 is 11.8 Å². The molecule has 2 aliphatic rings. The summed E-state index contributed by atoms with van der Waals surface area (Å²) in [6.07, 6.45) is 10.7. The Morgan fingerprint density at radius 1 is 1.20 bits per heavy atom. The van der Waals surface area contributed by atoms with Gasteiger partial charge in [0, 0.05) is 17.3 Å². The largest absolute Gasteiger partial charge is 0.311 e. The van der Waals surface area contributed by atoms with Crippen LogP contribution in [0.15, 0.2) is 0 Å². The summed E-state index contributed by atoms with van der Waals surface area (Å²) in [4.78, 5) is 0. The van der Waals surface area contributed by atoms with Gasteiger partial charge in [-0.15, -0.1) is 0 Å². The van der Waals surface area contributed by atoms with Crippen LogP contribution in [0, 0.1) is 5.41 Å². The Hall–Kier alpha value is 0.310. The molecule has 15 heavy (non-hydrogen) atoms. The monoisotopic (exact) mass is 227 g/mol. The van der Waals surface area contributed by atoms with Gasteiger partial charge in [-0.25, -0.2) is 0 Å². The van der Waals surface area contributed by atoms with Gasteiger partial charge in [0.05, 0.1) is 0 Å². The van der Waals surface area contributed by atoms with Gasteiger partial charge in [-0.2, -0.15) is 11.8 Å². The molecular formula is C13H25NS. The third-order valence-electron chi connectivity index (χ3n) is 4.41. The van der Waals surface area contributed by atoms with Crippen LogP contribution in [0.5, 0.6) is 0 Å². The maximum absolute atomic E-state index is 3.92. The second kappa shape index (κ2) is 4.67. The van der Waals surface area contributed by atoms with Gasteiger partial charge in [0.25, 0.3) is 0 Å². The highest BCUT2D eigenvalue weighted by Crippen LogP contribution is 2.39. The highest BCUT2D eigenvalue weighted by Gasteiger charge is 2.36. The van der Waals surface area contributed by atoms with Crippen LogP contribution in [0.25, 0.3) is 0 Å². The van der Waals surface area contributed by atoms with Crippen molar-refractivity contribution < 1.29 is 0 Å². The quantitative estimate of drug-likeness (QED) is 0.792. The smallest absolute Gasteiger partial charge is 0.0121 e. The highest BCUT2D eigenvalue weighted by atomic mass is 32.2. The SMILES string of the molecule is CSC1CCC(NC2CCCC2(C)C)C1. The lowest BCUT2D eigenvalue weighted by Gasteiger charge is -2.30. The van der Waals surface area contributed by atoms with Crippen molar-refractivity contribution in [3.05, 3.63) is 0 Å². The van der Waals surface area contributed by atoms with E-state index in [1.54, 1.807) is 0 Å². The zero-order chi connectivity index (χ0) is 10.9. The van der Waals surface area contributed by atoms with Gasteiger partial charge in [0.15, 0.2) is 0 Å². The Kier molecular flexibility index (Phi) is 3.67. The van der Waals surface area contributed by atoms with Crippen molar-refractivity contribution in [3.63, 3.8) is 0 Å². The number of thioether (sulfide) groups is 1. The first-order valence-corrected chi connectivity index (χ1v) is 7.69. The van der Waals surface area contributed by atoms with E-state index in [9.17, 15) is 0 Å². The molecular weight excluding hydrogens is 202 g/mol. The second-order valence-corrected chi connectivity index (χ2v) is 7.11. The van der Waals surface area contributed by atoms with E-state index in [4.69, 9.17) is 0 Å². The van der Waals surface area contributed by atoms with Gasteiger partial charge in [-0.3, -0.25) is 0 Å². The molecule has 3 unspecified atom stereocenters. The Bertz CT molecular complexity index is 215. The summed E-state index contributed by atoms with van der Waals surface area (Å²) >= 11 is 2.05. The summed E-state index contributed by atoms with van der Waals surface area (Å²) in [5.41, 5.74) is 0.539. The molecule has 0 amide bonds. The van der Waals surface area contributed by atoms with Gasteiger partial charge < -0.3 is 5.32 Å². The van der Waals surface area contributed by atoms with Crippen LogP contribution in [-0.2, 0) is 0 Å². The van der Waals surface area contributed by atoms with Crippen LogP contribution in [0.4, 0.5) is 0 Å². The molecule has 2 fully saturated rings. The first kappa shape index (κ1) is 11.8. The van der Waals surface area contributed by atoms with E-state index in [0.717, 1.165) is 17.3 Å². The van der Waals surface area contributed by atoms with Crippen molar-refractivity contribution >= 4 is 11.8 Å². The molecule has 0 radical (unpaired) electrons. The number of hydrogen-bond donors (Lipinski definition) is 1. The molecule has 2 heteroatoms. The van der Waals surface area contributed by atoms with E-state index in [1.807, 2.05) is 0 Å². The maximum Gasteiger partial charge on any atom is 0.0121 e. The molecule has 1 nitrogen and oxygen atoms in total. The molecule has 1 N–H and O–H groups in total. The summed E-state index contributed by atoms with van der Waals surface area (Å²) < 4.78 is 0. The number of hydrogen-bond acceptors (Lipinski definition) is 2. The zero-order valence-corrected chi connectivity index (χ0v) is 11.2. The lowest BCUT2D eigenvalue weighted by atomic mass is 9.87. The Balaban J connectivity index is 1.82. The summed E-state index contributed by atoms with van der Waals surface area (Å²) in [5.74, 6) is 0. The lowest BCUT2D eigenvalue weighted by molar-refractivity contribution is 0.261. The van der Waals surface area contributed by atoms with Gasteiger partial charge in [-0.1, -0.05) is 20.3 Å². The van der Waals surface area contributed by atoms with Gasteiger partial charge in [0.2, 0.25) is 0 Å². The molecule has 0 spiro atoms. The van der Waals surface area contributed by atoms with Gasteiger partial charge in [-0.05, 0) is 43.8 Å². The lowest BCUT2D eigenvalue weighted by Crippen LogP contribution is -2.43. The normalized spacial score (nSPS) is 39.8. The van der Waals surface area contributed by atoms with Crippen molar-refractivity contribution in [1.29, 1.82) is 0 Å². The summed E-state index contributed by atoms with van der Waals surface area (Å²) in [6.45, 7) is 4.86. The van der Waals surface area contributed by atoms with Crippen LogP contribution < -0.4 is 5.32 Å². The molecule has 88 valence electrons. The molecule has 0 bridgehead atoms. The van der Waals surface area contributed by atoms with E-state index >= 15 is 0 Å². The second-order valence-electron chi connectivity index (χ2n) is 5.97. The van der Waals surface area contributed by atoms with E-state index < -0.39 is 0 Å². The maximum atomic E-state index is 3.92. The Morgan fingerprint density at radius 2 is 2.00 bits per heavy atom. The van der Waals surface area contributed by atoms with E-state index in [2.05, 4.69) is 37.2 Å². The molecule has 0 saturated heterocycles. The predicted molar refractivity (Wildman–Crippen MR) is 69.5 cm³/mol. The first-order valence-electron chi connectivity index (χ1n) is 6.40. The van der Waals surface area contributed by atoms with E-state index in [1.165, 1.54) is 38.5 Å². The van der Waals surface area contributed by atoms with Crippen molar-refractivity contribution in [1.82, 2.24) is 5.32 Å². The van der Waals surface area contributed by atoms with Crippen LogP contribution in [0.2, 0.25) is 0 Å². The van der Waals surface area contributed by atoms with Gasteiger partial charge >= 0.3 is 0 Å². The number of nitrogens with one attached hydrogen (secondary N) is 1. The molecule has 2 saturated carbocycles. The molecule has 0 aromatic carbocycles. The van der Waals surface area contributed by atoms with E-state index in [0.29, 0.717) is 5.41 Å². The molecule has 0 heterocycles. The standard InChI is InChI=1S/C13H25NS/c1-13(2)8-4-5-12(13)14-10-6-7-11(9-10)15-3/h10-12,14H,4-9H2,1-3H3. The third-order valence-corrected chi connectivity index (χ3v) is 5.51. The minimum atomic E-state index is 0.539. The molecule has 0 aromatic heterocycles. The summed E-state index contributed by atoms with van der Waals surface area (Å²) in [7, 11) is 0. The zero-order valence-electron chi connectivity index (χ0n) is 10.4. The molecule has 0 aliphatic heterocycles. The van der Waals surface area contributed by atoms with Crippen LogP contribution in [-0.4, -0.2) is 23.6 Å². The third kappa shape index (κ3) is 2.71. The minimum Gasteiger partial charge on any atom is -0.311 e. The average molecular weight is 227 g/mol. The fraction of sp³-hybridized carbons (Fsp3) is 1.00. The molecule has 2 aliphatic carbocycles. The Labute approximate surface area is 98.8 Å². The highest BCUT2D eigenvalue weighted by molar-refractivity contribution is 7.99. The average Bonchev–Trinajstić information content (AvgIpc) is 2.75. The molecule has 3 atom stereocenters. The predicted octanol–water partition coefficient (Wildman–Crippen LogP) is 3.44. The Morgan fingerprint density at radius 3 is 2.53 bits per heavy atom. The van der Waals surface area contributed by atoms with Gasteiger partial charge in [0.1, 0.15) is 0 Å². The molecule has 2 rings (SSSR count). The fourth-order valence-electron chi connectivity index (χ4n) is 3.23. The van der Waals surface area contributed by atoms with Crippen LogP contribution in [0.3, 0.4) is 0 Å². The summed E-state index contributed by atoms with van der Waals surface area (Å²) in [6, 6.07) is 1.59. The molecule has 0 aromatic rings. The van der Waals surface area contributed by atoms with Crippen molar-refractivity contribution in [2.45, 2.75) is 69.7 Å². The topological polar surface area (TPSA) is 12.0 Å². The van der Waals surface area contributed by atoms with E-state index in [-0.39, 0.29) is 0 Å². The van der Waals surface area contributed by atoms with Crippen molar-refractivity contribution in [3.8, 4) is 0 Å². The fourth-order valence-corrected chi connectivity index (χ4v) is 4.02. The first-order chi connectivity index (χ1) is 7.12. The van der Waals surface area contributed by atoms with Crippen LogP contribution in [0.1, 0.15) is 52.4 Å².